The SMILES string of the molecule is COC(=O)c1ccc(C(O)C2(C)CCCC2)o1. The quantitative estimate of drug-likeness (QED) is 0.822. The van der Waals surface area contributed by atoms with E-state index in [0.29, 0.717) is 5.76 Å². The molecule has 1 aromatic rings. The third-order valence-corrected chi connectivity index (χ3v) is 3.69. The Kier molecular flexibility index (Phi) is 3.24. The highest BCUT2D eigenvalue weighted by atomic mass is 16.5. The van der Waals surface area contributed by atoms with Gasteiger partial charge >= 0.3 is 5.97 Å². The second-order valence-electron chi connectivity index (χ2n) is 4.96. The summed E-state index contributed by atoms with van der Waals surface area (Å²) in [5.41, 5.74) is -0.134. The predicted molar refractivity (Wildman–Crippen MR) is 61.6 cm³/mol. The van der Waals surface area contributed by atoms with E-state index in [4.69, 9.17) is 4.42 Å². The van der Waals surface area contributed by atoms with Crippen LogP contribution in [0.2, 0.25) is 0 Å². The number of rotatable bonds is 3. The fourth-order valence-electron chi connectivity index (χ4n) is 2.51. The van der Waals surface area contributed by atoms with Crippen LogP contribution in [-0.2, 0) is 4.74 Å². The molecule has 1 heterocycles. The maximum Gasteiger partial charge on any atom is 0.373 e. The number of hydrogen-bond donors (Lipinski definition) is 1. The molecule has 1 saturated carbocycles. The average molecular weight is 238 g/mol. The molecule has 1 aliphatic carbocycles. The van der Waals surface area contributed by atoms with Crippen LogP contribution in [0.4, 0.5) is 0 Å². The minimum Gasteiger partial charge on any atom is -0.463 e. The summed E-state index contributed by atoms with van der Waals surface area (Å²) >= 11 is 0. The second-order valence-corrected chi connectivity index (χ2v) is 4.96. The highest BCUT2D eigenvalue weighted by Gasteiger charge is 2.38. The monoisotopic (exact) mass is 238 g/mol. The van der Waals surface area contributed by atoms with Gasteiger partial charge in [0.1, 0.15) is 11.9 Å². The number of esters is 1. The third kappa shape index (κ3) is 2.22. The van der Waals surface area contributed by atoms with Crippen LogP contribution >= 0.6 is 0 Å². The van der Waals surface area contributed by atoms with Crippen LogP contribution in [0.25, 0.3) is 0 Å². The van der Waals surface area contributed by atoms with Crippen molar-refractivity contribution >= 4 is 5.97 Å². The van der Waals surface area contributed by atoms with Gasteiger partial charge in [-0.1, -0.05) is 19.8 Å². The van der Waals surface area contributed by atoms with E-state index in [9.17, 15) is 9.90 Å². The van der Waals surface area contributed by atoms with E-state index in [1.165, 1.54) is 7.11 Å². The number of carbonyl (C=O) groups excluding carboxylic acids is 1. The van der Waals surface area contributed by atoms with Crippen molar-refractivity contribution in [2.45, 2.75) is 38.7 Å². The summed E-state index contributed by atoms with van der Waals surface area (Å²) in [4.78, 5) is 11.3. The Morgan fingerprint density at radius 3 is 2.71 bits per heavy atom. The van der Waals surface area contributed by atoms with Gasteiger partial charge in [0.25, 0.3) is 0 Å². The summed E-state index contributed by atoms with van der Waals surface area (Å²) in [6, 6.07) is 3.20. The lowest BCUT2D eigenvalue weighted by atomic mass is 9.81. The normalized spacial score (nSPS) is 20.2. The molecule has 1 aromatic heterocycles. The summed E-state index contributed by atoms with van der Waals surface area (Å²) in [6.07, 6.45) is 3.60. The number of ether oxygens (including phenoxy) is 1. The van der Waals surface area contributed by atoms with Crippen LogP contribution in [0, 0.1) is 5.41 Å². The molecule has 0 amide bonds. The average Bonchev–Trinajstić information content (AvgIpc) is 2.96. The Morgan fingerprint density at radius 1 is 1.47 bits per heavy atom. The zero-order valence-corrected chi connectivity index (χ0v) is 10.2. The van der Waals surface area contributed by atoms with E-state index >= 15 is 0 Å². The summed E-state index contributed by atoms with van der Waals surface area (Å²) in [6.45, 7) is 2.06. The van der Waals surface area contributed by atoms with Crippen molar-refractivity contribution in [2.75, 3.05) is 7.11 Å². The van der Waals surface area contributed by atoms with Gasteiger partial charge in [-0.3, -0.25) is 0 Å². The van der Waals surface area contributed by atoms with Crippen LogP contribution in [0.3, 0.4) is 0 Å². The van der Waals surface area contributed by atoms with Crippen LogP contribution in [-0.4, -0.2) is 18.2 Å². The Labute approximate surface area is 101 Å². The number of methoxy groups -OCH3 is 1. The van der Waals surface area contributed by atoms with Crippen molar-refractivity contribution in [1.29, 1.82) is 0 Å². The molecule has 4 nitrogen and oxygen atoms in total. The molecule has 1 atom stereocenters. The number of carbonyl (C=O) groups is 1. The van der Waals surface area contributed by atoms with Gasteiger partial charge in [-0.25, -0.2) is 4.79 Å². The summed E-state index contributed by atoms with van der Waals surface area (Å²) in [7, 11) is 1.30. The first-order chi connectivity index (χ1) is 8.07. The fraction of sp³-hybridized carbons (Fsp3) is 0.615. The van der Waals surface area contributed by atoms with E-state index in [1.807, 2.05) is 0 Å². The predicted octanol–water partition coefficient (Wildman–Crippen LogP) is 2.68. The molecule has 1 N–H and O–H groups in total. The Morgan fingerprint density at radius 2 is 2.12 bits per heavy atom. The molecule has 0 bridgehead atoms. The van der Waals surface area contributed by atoms with Crippen molar-refractivity contribution < 1.29 is 19.1 Å². The van der Waals surface area contributed by atoms with Crippen molar-refractivity contribution in [3.8, 4) is 0 Å². The van der Waals surface area contributed by atoms with Gasteiger partial charge in [-0.2, -0.15) is 0 Å². The first-order valence-corrected chi connectivity index (χ1v) is 5.93. The molecule has 0 aromatic carbocycles. The third-order valence-electron chi connectivity index (χ3n) is 3.69. The highest BCUT2D eigenvalue weighted by molar-refractivity contribution is 5.86. The number of furan rings is 1. The van der Waals surface area contributed by atoms with Crippen LogP contribution in [0.15, 0.2) is 16.5 Å². The van der Waals surface area contributed by atoms with Gasteiger partial charge in [0, 0.05) is 5.41 Å². The van der Waals surface area contributed by atoms with Crippen molar-refractivity contribution in [1.82, 2.24) is 0 Å². The molecule has 1 aliphatic rings. The summed E-state index contributed by atoms with van der Waals surface area (Å²) < 4.78 is 9.92. The van der Waals surface area contributed by atoms with Gasteiger partial charge < -0.3 is 14.3 Å². The van der Waals surface area contributed by atoms with Gasteiger partial charge in [-0.15, -0.1) is 0 Å². The highest BCUT2D eigenvalue weighted by Crippen LogP contribution is 2.47. The summed E-state index contributed by atoms with van der Waals surface area (Å²) in [5, 5.41) is 10.3. The van der Waals surface area contributed by atoms with E-state index in [1.54, 1.807) is 12.1 Å². The largest absolute Gasteiger partial charge is 0.463 e. The van der Waals surface area contributed by atoms with E-state index in [2.05, 4.69) is 11.7 Å². The molecule has 94 valence electrons. The molecule has 2 rings (SSSR count). The molecule has 4 heteroatoms. The van der Waals surface area contributed by atoms with Gasteiger partial charge in [0.15, 0.2) is 0 Å². The first-order valence-electron chi connectivity index (χ1n) is 5.93. The Balaban J connectivity index is 2.17. The minimum atomic E-state index is -0.650. The lowest BCUT2D eigenvalue weighted by Crippen LogP contribution is -2.21. The lowest BCUT2D eigenvalue weighted by molar-refractivity contribution is 0.0211. The van der Waals surface area contributed by atoms with Crippen LogP contribution < -0.4 is 0 Å². The van der Waals surface area contributed by atoms with Crippen molar-refractivity contribution in [3.63, 3.8) is 0 Å². The summed E-state index contributed by atoms with van der Waals surface area (Å²) in [5.74, 6) is 0.0815. The molecule has 0 aliphatic heterocycles. The Bertz CT molecular complexity index is 401. The van der Waals surface area contributed by atoms with Crippen molar-refractivity contribution in [2.24, 2.45) is 5.41 Å². The maximum atomic E-state index is 11.3. The second kappa shape index (κ2) is 4.53. The van der Waals surface area contributed by atoms with E-state index in [0.717, 1.165) is 25.7 Å². The molecule has 1 unspecified atom stereocenters. The fourth-order valence-corrected chi connectivity index (χ4v) is 2.51. The van der Waals surface area contributed by atoms with Gasteiger partial charge in [-0.05, 0) is 25.0 Å². The Hall–Kier alpha value is -1.29. The van der Waals surface area contributed by atoms with Crippen LogP contribution in [0.1, 0.15) is 55.0 Å². The zero-order chi connectivity index (χ0) is 12.5. The minimum absolute atomic E-state index is 0.134. The van der Waals surface area contributed by atoms with Gasteiger partial charge in [0.05, 0.1) is 7.11 Å². The van der Waals surface area contributed by atoms with E-state index < -0.39 is 12.1 Å². The molecule has 0 radical (unpaired) electrons. The molecular weight excluding hydrogens is 220 g/mol. The van der Waals surface area contributed by atoms with Gasteiger partial charge in [0.2, 0.25) is 5.76 Å². The van der Waals surface area contributed by atoms with Crippen molar-refractivity contribution in [3.05, 3.63) is 23.7 Å². The number of hydrogen-bond acceptors (Lipinski definition) is 4. The molecule has 0 spiro atoms. The zero-order valence-electron chi connectivity index (χ0n) is 10.2. The molecular formula is C13H18O4. The topological polar surface area (TPSA) is 59.7 Å². The smallest absolute Gasteiger partial charge is 0.373 e. The molecule has 0 saturated heterocycles. The number of aliphatic hydroxyl groups excluding tert-OH is 1. The van der Waals surface area contributed by atoms with E-state index in [-0.39, 0.29) is 11.2 Å². The first kappa shape index (κ1) is 12.2. The number of aliphatic hydroxyl groups is 1. The van der Waals surface area contributed by atoms with Crippen LogP contribution in [0.5, 0.6) is 0 Å². The molecule has 17 heavy (non-hydrogen) atoms. The molecule has 1 fully saturated rings. The lowest BCUT2D eigenvalue weighted by Gasteiger charge is -2.28. The standard InChI is InChI=1S/C13H18O4/c1-13(7-3-4-8-13)11(14)9-5-6-10(17-9)12(15)16-2/h5-6,11,14H,3-4,7-8H2,1-2H3. The maximum absolute atomic E-state index is 11.3.